The highest BCUT2D eigenvalue weighted by Crippen LogP contribution is 2.43. The fraction of sp³-hybridized carbons (Fsp3) is 0.632. The Bertz CT molecular complexity index is 577. The van der Waals surface area contributed by atoms with Crippen LogP contribution in [0.4, 0.5) is 4.39 Å². The third-order valence-corrected chi connectivity index (χ3v) is 5.72. The quantitative estimate of drug-likeness (QED) is 0.791. The number of nitrogens with one attached hydrogen (secondary N) is 2. The van der Waals surface area contributed by atoms with Gasteiger partial charge in [0.05, 0.1) is 12.5 Å². The van der Waals surface area contributed by atoms with E-state index >= 15 is 0 Å². The van der Waals surface area contributed by atoms with Crippen molar-refractivity contribution in [1.29, 1.82) is 0 Å². The minimum atomic E-state index is -0.292. The smallest absolute Gasteiger partial charge is 0.224 e. The van der Waals surface area contributed by atoms with Gasteiger partial charge in [-0.05, 0) is 37.0 Å². The summed E-state index contributed by atoms with van der Waals surface area (Å²) < 4.78 is 12.9. The molecule has 132 valence electrons. The van der Waals surface area contributed by atoms with Crippen LogP contribution in [-0.4, -0.2) is 35.7 Å². The lowest BCUT2D eigenvalue weighted by atomic mass is 9.75. The van der Waals surface area contributed by atoms with Crippen molar-refractivity contribution in [3.8, 4) is 0 Å². The molecule has 4 atom stereocenters. The molecule has 2 fully saturated rings. The van der Waals surface area contributed by atoms with E-state index in [0.29, 0.717) is 12.6 Å². The molecular formula is C19H27FN2O2. The maximum absolute atomic E-state index is 12.9. The Morgan fingerprint density at radius 3 is 2.79 bits per heavy atom. The number of aliphatic hydroxyl groups is 1. The van der Waals surface area contributed by atoms with Crippen LogP contribution in [0.5, 0.6) is 0 Å². The summed E-state index contributed by atoms with van der Waals surface area (Å²) in [5.74, 6) is -0.346. The van der Waals surface area contributed by atoms with Gasteiger partial charge in [-0.1, -0.05) is 31.9 Å². The van der Waals surface area contributed by atoms with Crippen LogP contribution in [0.2, 0.25) is 0 Å². The summed E-state index contributed by atoms with van der Waals surface area (Å²) in [5.41, 5.74) is 0.712. The highest BCUT2D eigenvalue weighted by atomic mass is 19.1. The van der Waals surface area contributed by atoms with Crippen LogP contribution in [0.3, 0.4) is 0 Å². The van der Waals surface area contributed by atoms with E-state index in [4.69, 9.17) is 0 Å². The fourth-order valence-electron chi connectivity index (χ4n) is 4.22. The summed E-state index contributed by atoms with van der Waals surface area (Å²) in [7, 11) is 0. The zero-order valence-corrected chi connectivity index (χ0v) is 14.2. The molecule has 0 spiro atoms. The first-order chi connectivity index (χ1) is 11.5. The zero-order valence-electron chi connectivity index (χ0n) is 14.2. The predicted octanol–water partition coefficient (Wildman–Crippen LogP) is 2.16. The molecule has 1 amide bonds. The number of amides is 1. The summed E-state index contributed by atoms with van der Waals surface area (Å²) in [5, 5.41) is 17.0. The molecule has 4 nitrogen and oxygen atoms in total. The second-order valence-electron chi connectivity index (χ2n) is 7.53. The Morgan fingerprint density at radius 1 is 1.33 bits per heavy atom. The van der Waals surface area contributed by atoms with Crippen LogP contribution in [0.15, 0.2) is 24.3 Å². The first-order valence-electron chi connectivity index (χ1n) is 8.92. The molecule has 24 heavy (non-hydrogen) atoms. The first-order valence-corrected chi connectivity index (χ1v) is 8.92. The average molecular weight is 334 g/mol. The van der Waals surface area contributed by atoms with E-state index in [1.807, 2.05) is 0 Å². The standard InChI is InChI=1S/C19H27FN2O2/c1-19-11-15(22-16(19)4-2-3-5-17(19)23)12-21-18(24)10-13-6-8-14(20)9-7-13/h6-9,15-17,22-23H,2-5,10-12H2,1H3,(H,21,24)/t15-,16-,17+,19-/m1/s1. The number of benzene rings is 1. The summed E-state index contributed by atoms with van der Waals surface area (Å²) in [6, 6.07) is 6.55. The number of hydrogen-bond donors (Lipinski definition) is 3. The Morgan fingerprint density at radius 2 is 2.04 bits per heavy atom. The van der Waals surface area contributed by atoms with Crippen molar-refractivity contribution >= 4 is 5.91 Å². The molecule has 1 heterocycles. The molecule has 0 aromatic heterocycles. The van der Waals surface area contributed by atoms with Gasteiger partial charge in [-0.15, -0.1) is 0 Å². The molecule has 1 aromatic carbocycles. The van der Waals surface area contributed by atoms with Crippen LogP contribution >= 0.6 is 0 Å². The fourth-order valence-corrected chi connectivity index (χ4v) is 4.22. The highest BCUT2D eigenvalue weighted by molar-refractivity contribution is 5.78. The van der Waals surface area contributed by atoms with Gasteiger partial charge < -0.3 is 15.7 Å². The molecule has 1 aliphatic heterocycles. The SMILES string of the molecule is C[C@@]12C[C@H](CNC(=O)Cc3ccc(F)cc3)N[C@@H]1CCCC[C@@H]2O. The van der Waals surface area contributed by atoms with Gasteiger partial charge in [0.2, 0.25) is 5.91 Å². The Balaban J connectivity index is 1.50. The molecule has 1 aromatic rings. The monoisotopic (exact) mass is 334 g/mol. The van der Waals surface area contributed by atoms with Gasteiger partial charge >= 0.3 is 0 Å². The molecule has 0 unspecified atom stereocenters. The molecule has 3 rings (SSSR count). The summed E-state index contributed by atoms with van der Waals surface area (Å²) in [6.45, 7) is 2.74. The van der Waals surface area contributed by atoms with Gasteiger partial charge in [0, 0.05) is 24.0 Å². The number of hydrogen-bond acceptors (Lipinski definition) is 3. The molecule has 1 saturated carbocycles. The van der Waals surface area contributed by atoms with Crippen molar-refractivity contribution in [2.45, 2.75) is 63.6 Å². The van der Waals surface area contributed by atoms with E-state index in [1.165, 1.54) is 12.1 Å². The normalized spacial score (nSPS) is 32.9. The highest BCUT2D eigenvalue weighted by Gasteiger charge is 2.48. The molecular weight excluding hydrogens is 307 g/mol. The Labute approximate surface area is 142 Å². The minimum Gasteiger partial charge on any atom is -0.392 e. The number of carbonyl (C=O) groups is 1. The van der Waals surface area contributed by atoms with E-state index in [0.717, 1.165) is 37.7 Å². The first kappa shape index (κ1) is 17.4. The van der Waals surface area contributed by atoms with E-state index in [1.54, 1.807) is 12.1 Å². The molecule has 2 aliphatic rings. The maximum atomic E-state index is 12.9. The third-order valence-electron chi connectivity index (χ3n) is 5.72. The minimum absolute atomic E-state index is 0.0544. The average Bonchev–Trinajstić information content (AvgIpc) is 2.82. The van der Waals surface area contributed by atoms with Crippen LogP contribution < -0.4 is 10.6 Å². The van der Waals surface area contributed by atoms with Crippen molar-refractivity contribution < 1.29 is 14.3 Å². The Kier molecular flexibility index (Phi) is 5.21. The molecule has 5 heteroatoms. The number of rotatable bonds is 4. The van der Waals surface area contributed by atoms with E-state index in [-0.39, 0.29) is 35.7 Å². The van der Waals surface area contributed by atoms with Gasteiger partial charge in [-0.2, -0.15) is 0 Å². The Hall–Kier alpha value is -1.46. The lowest BCUT2D eigenvalue weighted by Gasteiger charge is -2.33. The van der Waals surface area contributed by atoms with Crippen molar-refractivity contribution in [2.75, 3.05) is 6.54 Å². The largest absolute Gasteiger partial charge is 0.392 e. The van der Waals surface area contributed by atoms with Crippen LogP contribution in [-0.2, 0) is 11.2 Å². The van der Waals surface area contributed by atoms with E-state index < -0.39 is 0 Å². The van der Waals surface area contributed by atoms with Gasteiger partial charge in [-0.25, -0.2) is 4.39 Å². The lowest BCUT2D eigenvalue weighted by Crippen LogP contribution is -2.43. The van der Waals surface area contributed by atoms with Gasteiger partial charge in [0.25, 0.3) is 0 Å². The molecule has 1 saturated heterocycles. The molecule has 0 radical (unpaired) electrons. The lowest BCUT2D eigenvalue weighted by molar-refractivity contribution is -0.120. The molecule has 1 aliphatic carbocycles. The van der Waals surface area contributed by atoms with E-state index in [2.05, 4.69) is 17.6 Å². The zero-order chi connectivity index (χ0) is 17.2. The van der Waals surface area contributed by atoms with Crippen molar-refractivity contribution in [1.82, 2.24) is 10.6 Å². The molecule has 0 bridgehead atoms. The van der Waals surface area contributed by atoms with Crippen molar-refractivity contribution in [3.63, 3.8) is 0 Å². The van der Waals surface area contributed by atoms with Crippen molar-refractivity contribution in [2.24, 2.45) is 5.41 Å². The summed E-state index contributed by atoms with van der Waals surface area (Å²) in [6.07, 6.45) is 5.08. The van der Waals surface area contributed by atoms with Crippen LogP contribution in [0.25, 0.3) is 0 Å². The predicted molar refractivity (Wildman–Crippen MR) is 91.0 cm³/mol. The van der Waals surface area contributed by atoms with Crippen molar-refractivity contribution in [3.05, 3.63) is 35.6 Å². The van der Waals surface area contributed by atoms with E-state index in [9.17, 15) is 14.3 Å². The maximum Gasteiger partial charge on any atom is 0.224 e. The summed E-state index contributed by atoms with van der Waals surface area (Å²) >= 11 is 0. The number of fused-ring (bicyclic) bond motifs is 1. The van der Waals surface area contributed by atoms with Gasteiger partial charge in [-0.3, -0.25) is 4.79 Å². The van der Waals surface area contributed by atoms with Crippen LogP contribution in [0.1, 0.15) is 44.6 Å². The topological polar surface area (TPSA) is 61.4 Å². The second-order valence-corrected chi connectivity index (χ2v) is 7.53. The number of halogens is 1. The summed E-state index contributed by atoms with van der Waals surface area (Å²) in [4.78, 5) is 12.1. The number of carbonyl (C=O) groups excluding carboxylic acids is 1. The number of aliphatic hydroxyl groups excluding tert-OH is 1. The van der Waals surface area contributed by atoms with Gasteiger partial charge in [0.15, 0.2) is 0 Å². The third kappa shape index (κ3) is 3.78. The molecule has 3 N–H and O–H groups in total. The second kappa shape index (κ2) is 7.19. The van der Waals surface area contributed by atoms with Crippen LogP contribution in [0, 0.1) is 11.2 Å². The van der Waals surface area contributed by atoms with Gasteiger partial charge in [0.1, 0.15) is 5.82 Å².